The lowest BCUT2D eigenvalue weighted by Gasteiger charge is -2.50. The minimum Gasteiger partial charge on any atom is -0.329 e. The second kappa shape index (κ2) is 5.71. The summed E-state index contributed by atoms with van der Waals surface area (Å²) in [5.74, 6) is 0. The minimum absolute atomic E-state index is 0.181. The molecular weight excluding hydrogens is 258 g/mol. The van der Waals surface area contributed by atoms with E-state index in [2.05, 4.69) is 55.1 Å². The Morgan fingerprint density at radius 3 is 2.43 bits per heavy atom. The van der Waals surface area contributed by atoms with Crippen LogP contribution in [0.15, 0.2) is 24.3 Å². The zero-order chi connectivity index (χ0) is 15.0. The van der Waals surface area contributed by atoms with E-state index < -0.39 is 0 Å². The highest BCUT2D eigenvalue weighted by atomic mass is 15.3. The van der Waals surface area contributed by atoms with Gasteiger partial charge in [-0.05, 0) is 57.8 Å². The molecule has 2 unspecified atom stereocenters. The SMILES string of the molecule is Cc1ccccc1CN(C)C1(CN)CC2CCC(C1)N2C. The van der Waals surface area contributed by atoms with Crippen LogP contribution < -0.4 is 5.73 Å². The van der Waals surface area contributed by atoms with Crippen molar-refractivity contribution < 1.29 is 0 Å². The van der Waals surface area contributed by atoms with Crippen LogP contribution in [-0.4, -0.2) is 48.1 Å². The summed E-state index contributed by atoms with van der Waals surface area (Å²) in [6, 6.07) is 10.2. The predicted octanol–water partition coefficient (Wildman–Crippen LogP) is 2.38. The Morgan fingerprint density at radius 2 is 1.86 bits per heavy atom. The zero-order valence-corrected chi connectivity index (χ0v) is 13.7. The van der Waals surface area contributed by atoms with Crippen LogP contribution in [0.3, 0.4) is 0 Å². The topological polar surface area (TPSA) is 32.5 Å². The molecule has 2 aliphatic heterocycles. The molecule has 116 valence electrons. The molecule has 2 N–H and O–H groups in total. The highest BCUT2D eigenvalue weighted by Crippen LogP contribution is 2.42. The molecule has 0 aromatic heterocycles. The van der Waals surface area contributed by atoms with Crippen molar-refractivity contribution in [2.75, 3.05) is 20.6 Å². The van der Waals surface area contributed by atoms with Crippen molar-refractivity contribution in [3.05, 3.63) is 35.4 Å². The molecule has 3 rings (SSSR count). The molecule has 2 saturated heterocycles. The Morgan fingerprint density at radius 1 is 1.24 bits per heavy atom. The summed E-state index contributed by atoms with van der Waals surface area (Å²) >= 11 is 0. The Hall–Kier alpha value is -0.900. The number of aryl methyl sites for hydroxylation is 1. The summed E-state index contributed by atoms with van der Waals surface area (Å²) < 4.78 is 0. The third-order valence-electron chi connectivity index (χ3n) is 6.07. The monoisotopic (exact) mass is 287 g/mol. The van der Waals surface area contributed by atoms with Crippen molar-refractivity contribution in [1.29, 1.82) is 0 Å². The van der Waals surface area contributed by atoms with Gasteiger partial charge in [0.25, 0.3) is 0 Å². The van der Waals surface area contributed by atoms with Gasteiger partial charge in [0.05, 0.1) is 0 Å². The normalized spacial score (nSPS) is 32.8. The molecule has 3 heteroatoms. The minimum atomic E-state index is 0.181. The Balaban J connectivity index is 1.79. The number of rotatable bonds is 4. The van der Waals surface area contributed by atoms with Gasteiger partial charge in [0.15, 0.2) is 0 Å². The van der Waals surface area contributed by atoms with Gasteiger partial charge in [-0.1, -0.05) is 24.3 Å². The fourth-order valence-electron chi connectivity index (χ4n) is 4.39. The van der Waals surface area contributed by atoms with Crippen molar-refractivity contribution in [3.63, 3.8) is 0 Å². The molecule has 2 atom stereocenters. The Bertz CT molecular complexity index is 485. The maximum absolute atomic E-state index is 6.27. The first-order valence-electron chi connectivity index (χ1n) is 8.23. The van der Waals surface area contributed by atoms with E-state index in [1.165, 1.54) is 36.8 Å². The van der Waals surface area contributed by atoms with Gasteiger partial charge in [-0.25, -0.2) is 0 Å². The number of hydrogen-bond donors (Lipinski definition) is 1. The fraction of sp³-hybridized carbons (Fsp3) is 0.667. The van der Waals surface area contributed by atoms with Gasteiger partial charge in [-0.2, -0.15) is 0 Å². The maximum atomic E-state index is 6.27. The van der Waals surface area contributed by atoms with Gasteiger partial charge in [-0.3, -0.25) is 4.90 Å². The molecule has 0 aliphatic carbocycles. The van der Waals surface area contributed by atoms with Crippen LogP contribution in [0, 0.1) is 6.92 Å². The van der Waals surface area contributed by atoms with Crippen LogP contribution in [0.2, 0.25) is 0 Å². The maximum Gasteiger partial charge on any atom is 0.0361 e. The highest BCUT2D eigenvalue weighted by molar-refractivity contribution is 5.25. The highest BCUT2D eigenvalue weighted by Gasteiger charge is 2.48. The fourth-order valence-corrected chi connectivity index (χ4v) is 4.39. The largest absolute Gasteiger partial charge is 0.329 e. The summed E-state index contributed by atoms with van der Waals surface area (Å²) in [7, 11) is 4.56. The summed E-state index contributed by atoms with van der Waals surface area (Å²) in [6.45, 7) is 3.99. The molecule has 0 spiro atoms. The second-order valence-corrected chi connectivity index (χ2v) is 7.17. The summed E-state index contributed by atoms with van der Waals surface area (Å²) in [5.41, 5.74) is 9.26. The molecule has 21 heavy (non-hydrogen) atoms. The van der Waals surface area contributed by atoms with Crippen LogP contribution in [0.1, 0.15) is 36.8 Å². The van der Waals surface area contributed by atoms with Gasteiger partial charge >= 0.3 is 0 Å². The molecular formula is C18H29N3. The van der Waals surface area contributed by atoms with Gasteiger partial charge in [0.2, 0.25) is 0 Å². The third-order valence-corrected chi connectivity index (χ3v) is 6.07. The van der Waals surface area contributed by atoms with E-state index in [0.29, 0.717) is 0 Å². The van der Waals surface area contributed by atoms with Gasteiger partial charge in [0.1, 0.15) is 0 Å². The molecule has 3 nitrogen and oxygen atoms in total. The molecule has 1 aromatic rings. The van der Waals surface area contributed by atoms with Gasteiger partial charge < -0.3 is 10.6 Å². The molecule has 1 aromatic carbocycles. The number of nitrogens with two attached hydrogens (primary N) is 1. The summed E-state index contributed by atoms with van der Waals surface area (Å²) in [4.78, 5) is 5.13. The first-order chi connectivity index (χ1) is 10.1. The van der Waals surface area contributed by atoms with Crippen LogP contribution in [0.5, 0.6) is 0 Å². The molecule has 2 fully saturated rings. The average Bonchev–Trinajstić information content (AvgIpc) is 2.72. The summed E-state index contributed by atoms with van der Waals surface area (Å²) in [6.07, 6.45) is 5.14. The molecule has 0 radical (unpaired) electrons. The van der Waals surface area contributed by atoms with E-state index in [1.807, 2.05) is 0 Å². The molecule has 0 amide bonds. The van der Waals surface area contributed by atoms with E-state index in [0.717, 1.165) is 25.2 Å². The standard InChI is InChI=1S/C18H29N3/c1-14-6-4-5-7-15(14)12-20(2)18(13-19)10-16-8-9-17(11-18)21(16)3/h4-7,16-17H,8-13,19H2,1-3H3. The second-order valence-electron chi connectivity index (χ2n) is 7.17. The van der Waals surface area contributed by atoms with Crippen molar-refractivity contribution in [3.8, 4) is 0 Å². The predicted molar refractivity (Wildman–Crippen MR) is 88.2 cm³/mol. The van der Waals surface area contributed by atoms with E-state index in [1.54, 1.807) is 0 Å². The summed E-state index contributed by atoms with van der Waals surface area (Å²) in [5, 5.41) is 0. The Kier molecular flexibility index (Phi) is 4.08. The van der Waals surface area contributed by atoms with Crippen LogP contribution in [0.25, 0.3) is 0 Å². The number of fused-ring (bicyclic) bond motifs is 2. The number of nitrogens with zero attached hydrogens (tertiary/aromatic N) is 2. The zero-order valence-electron chi connectivity index (χ0n) is 13.7. The number of hydrogen-bond acceptors (Lipinski definition) is 3. The smallest absolute Gasteiger partial charge is 0.0361 e. The lowest BCUT2D eigenvalue weighted by Crippen LogP contribution is -2.60. The van der Waals surface area contributed by atoms with Crippen molar-refractivity contribution >= 4 is 0 Å². The first kappa shape index (κ1) is 15.0. The molecule has 2 bridgehead atoms. The molecule has 2 heterocycles. The number of benzene rings is 1. The number of likely N-dealkylation sites (N-methyl/N-ethyl adjacent to an activating group) is 1. The number of piperidine rings is 1. The third kappa shape index (κ3) is 2.63. The Labute approximate surface area is 129 Å². The van der Waals surface area contributed by atoms with E-state index in [4.69, 9.17) is 5.73 Å². The average molecular weight is 287 g/mol. The van der Waals surface area contributed by atoms with Gasteiger partial charge in [0, 0.05) is 30.7 Å². The van der Waals surface area contributed by atoms with Crippen molar-refractivity contribution in [2.45, 2.75) is 56.8 Å². The molecule has 2 aliphatic rings. The van der Waals surface area contributed by atoms with E-state index in [-0.39, 0.29) is 5.54 Å². The van der Waals surface area contributed by atoms with Crippen LogP contribution >= 0.6 is 0 Å². The van der Waals surface area contributed by atoms with Crippen molar-refractivity contribution in [2.24, 2.45) is 5.73 Å². The van der Waals surface area contributed by atoms with Crippen LogP contribution in [-0.2, 0) is 6.54 Å². The van der Waals surface area contributed by atoms with E-state index in [9.17, 15) is 0 Å². The molecule has 0 saturated carbocycles. The quantitative estimate of drug-likeness (QED) is 0.923. The van der Waals surface area contributed by atoms with E-state index >= 15 is 0 Å². The lowest BCUT2D eigenvalue weighted by atomic mass is 9.81. The van der Waals surface area contributed by atoms with Gasteiger partial charge in [-0.15, -0.1) is 0 Å². The lowest BCUT2D eigenvalue weighted by molar-refractivity contribution is 0.0117. The van der Waals surface area contributed by atoms with Crippen LogP contribution in [0.4, 0.5) is 0 Å². The van der Waals surface area contributed by atoms with Crippen molar-refractivity contribution in [1.82, 2.24) is 9.80 Å². The first-order valence-corrected chi connectivity index (χ1v) is 8.23.